The minimum absolute atomic E-state index is 0.0444. The van der Waals surface area contributed by atoms with Gasteiger partial charge in [-0.3, -0.25) is 9.78 Å². The molecule has 0 radical (unpaired) electrons. The second kappa shape index (κ2) is 5.94. The molecule has 0 saturated carbocycles. The van der Waals surface area contributed by atoms with E-state index in [0.29, 0.717) is 5.56 Å². The summed E-state index contributed by atoms with van der Waals surface area (Å²) < 4.78 is 0. The molecule has 0 saturated heterocycles. The second-order valence-corrected chi connectivity index (χ2v) is 4.07. The van der Waals surface area contributed by atoms with E-state index in [4.69, 9.17) is 5.11 Å². The zero-order chi connectivity index (χ0) is 14.5. The first-order valence-corrected chi connectivity index (χ1v) is 5.80. The molecule has 6 nitrogen and oxygen atoms in total. The van der Waals surface area contributed by atoms with E-state index in [9.17, 15) is 14.7 Å². The zero-order valence-corrected chi connectivity index (χ0v) is 10.4. The first kappa shape index (κ1) is 13.7. The Kier molecular flexibility index (Phi) is 4.07. The number of carboxylic acids is 1. The summed E-state index contributed by atoms with van der Waals surface area (Å²) in [6.45, 7) is 0. The van der Waals surface area contributed by atoms with Crippen LogP contribution in [0, 0.1) is 0 Å². The van der Waals surface area contributed by atoms with Gasteiger partial charge in [-0.25, -0.2) is 4.79 Å². The van der Waals surface area contributed by atoms with Crippen molar-refractivity contribution in [2.75, 3.05) is 5.32 Å². The summed E-state index contributed by atoms with van der Waals surface area (Å²) in [5, 5.41) is 21.1. The largest absolute Gasteiger partial charge is 0.478 e. The summed E-state index contributed by atoms with van der Waals surface area (Å²) in [5.41, 5.74) is 0.620. The number of amides is 1. The van der Waals surface area contributed by atoms with E-state index < -0.39 is 18.0 Å². The molecule has 1 aromatic heterocycles. The number of rotatable bonds is 4. The number of aliphatic hydroxyl groups excluding tert-OH is 1. The summed E-state index contributed by atoms with van der Waals surface area (Å²) in [6, 6.07) is 9.70. The molecule has 1 heterocycles. The van der Waals surface area contributed by atoms with Gasteiger partial charge in [0.1, 0.15) is 0 Å². The fraction of sp³-hybridized carbons (Fsp3) is 0.0714. The number of aliphatic hydroxyl groups is 1. The number of aromatic carboxylic acids is 1. The molecule has 102 valence electrons. The molecule has 1 unspecified atom stereocenters. The highest BCUT2D eigenvalue weighted by molar-refractivity contribution is 5.96. The molecule has 20 heavy (non-hydrogen) atoms. The van der Waals surface area contributed by atoms with Crippen molar-refractivity contribution >= 4 is 17.6 Å². The second-order valence-electron chi connectivity index (χ2n) is 4.07. The van der Waals surface area contributed by atoms with Gasteiger partial charge in [-0.15, -0.1) is 0 Å². The van der Waals surface area contributed by atoms with Crippen molar-refractivity contribution in [3.8, 4) is 0 Å². The van der Waals surface area contributed by atoms with Crippen LogP contribution in [0.3, 0.4) is 0 Å². The summed E-state index contributed by atoms with van der Waals surface area (Å²) in [5.74, 6) is -1.79. The van der Waals surface area contributed by atoms with Crippen LogP contribution in [0.25, 0.3) is 0 Å². The fourth-order valence-electron chi connectivity index (χ4n) is 1.62. The molecule has 0 bridgehead atoms. The minimum Gasteiger partial charge on any atom is -0.478 e. The van der Waals surface area contributed by atoms with Gasteiger partial charge < -0.3 is 15.5 Å². The van der Waals surface area contributed by atoms with Crippen molar-refractivity contribution in [2.45, 2.75) is 6.10 Å². The number of benzene rings is 1. The van der Waals surface area contributed by atoms with Crippen LogP contribution in [0.5, 0.6) is 0 Å². The molecule has 1 atom stereocenters. The number of hydrogen-bond donors (Lipinski definition) is 3. The number of carbonyl (C=O) groups excluding carboxylic acids is 1. The third-order valence-corrected chi connectivity index (χ3v) is 2.62. The number of nitrogens with one attached hydrogen (secondary N) is 1. The predicted octanol–water partition coefficient (Wildman–Crippen LogP) is 1.45. The van der Waals surface area contributed by atoms with E-state index in [-0.39, 0.29) is 11.3 Å². The minimum atomic E-state index is -1.33. The lowest BCUT2D eigenvalue weighted by Crippen LogP contribution is -2.21. The molecule has 3 N–H and O–H groups in total. The highest BCUT2D eigenvalue weighted by Gasteiger charge is 2.17. The van der Waals surface area contributed by atoms with E-state index >= 15 is 0 Å². The number of anilines is 1. The lowest BCUT2D eigenvalue weighted by Gasteiger charge is -2.11. The average Bonchev–Trinajstić information content (AvgIpc) is 2.47. The van der Waals surface area contributed by atoms with Crippen molar-refractivity contribution in [1.82, 2.24) is 4.98 Å². The molecule has 6 heteroatoms. The van der Waals surface area contributed by atoms with E-state index in [1.807, 2.05) is 0 Å². The van der Waals surface area contributed by atoms with Gasteiger partial charge in [0.25, 0.3) is 5.91 Å². The van der Waals surface area contributed by atoms with Crippen LogP contribution < -0.4 is 5.32 Å². The van der Waals surface area contributed by atoms with Gasteiger partial charge in [0.15, 0.2) is 6.10 Å². The lowest BCUT2D eigenvalue weighted by molar-refractivity contribution is -0.124. The standard InChI is InChI=1S/C14H12N2O4/c17-12(9-4-2-1-3-5-9)13(18)16-11-6-10(14(19)20)7-15-8-11/h1-8,12,17H,(H,16,18)(H,19,20). The van der Waals surface area contributed by atoms with Gasteiger partial charge in [0.05, 0.1) is 17.4 Å². The highest BCUT2D eigenvalue weighted by atomic mass is 16.4. The number of aromatic nitrogens is 1. The Labute approximate surface area is 114 Å². The van der Waals surface area contributed by atoms with Crippen LogP contribution in [0.15, 0.2) is 48.8 Å². The van der Waals surface area contributed by atoms with Crippen molar-refractivity contribution in [3.63, 3.8) is 0 Å². The molecule has 0 aliphatic rings. The molecule has 0 aliphatic heterocycles. The van der Waals surface area contributed by atoms with Crippen LogP contribution in [0.2, 0.25) is 0 Å². The normalized spacial score (nSPS) is 11.7. The first-order valence-electron chi connectivity index (χ1n) is 5.80. The first-order chi connectivity index (χ1) is 9.58. The third kappa shape index (κ3) is 3.18. The monoisotopic (exact) mass is 272 g/mol. The van der Waals surface area contributed by atoms with Gasteiger partial charge in [0.2, 0.25) is 0 Å². The number of hydrogen-bond acceptors (Lipinski definition) is 4. The molecule has 1 aromatic carbocycles. The summed E-state index contributed by atoms with van der Waals surface area (Å²) >= 11 is 0. The van der Waals surface area contributed by atoms with Gasteiger partial charge in [-0.1, -0.05) is 30.3 Å². The Hall–Kier alpha value is -2.73. The van der Waals surface area contributed by atoms with E-state index in [1.165, 1.54) is 18.5 Å². The van der Waals surface area contributed by atoms with Gasteiger partial charge in [0, 0.05) is 6.20 Å². The van der Waals surface area contributed by atoms with Gasteiger partial charge in [-0.2, -0.15) is 0 Å². The number of carbonyl (C=O) groups is 2. The Balaban J connectivity index is 2.12. The van der Waals surface area contributed by atoms with Crippen LogP contribution in [-0.4, -0.2) is 27.1 Å². The van der Waals surface area contributed by atoms with Crippen molar-refractivity contribution in [3.05, 3.63) is 59.9 Å². The maximum absolute atomic E-state index is 11.9. The van der Waals surface area contributed by atoms with Crippen LogP contribution >= 0.6 is 0 Å². The van der Waals surface area contributed by atoms with E-state index in [1.54, 1.807) is 30.3 Å². The van der Waals surface area contributed by atoms with Gasteiger partial charge >= 0.3 is 5.97 Å². The Morgan fingerprint density at radius 3 is 2.50 bits per heavy atom. The Morgan fingerprint density at radius 2 is 1.85 bits per heavy atom. The summed E-state index contributed by atoms with van der Waals surface area (Å²) in [4.78, 5) is 26.4. The maximum Gasteiger partial charge on any atom is 0.337 e. The molecule has 0 spiro atoms. The van der Waals surface area contributed by atoms with Crippen LogP contribution in [0.1, 0.15) is 22.0 Å². The quantitative estimate of drug-likeness (QED) is 0.782. The third-order valence-electron chi connectivity index (χ3n) is 2.62. The molecule has 2 rings (SSSR count). The number of pyridine rings is 1. The summed E-state index contributed by atoms with van der Waals surface area (Å²) in [6.07, 6.45) is 1.15. The smallest absolute Gasteiger partial charge is 0.337 e. The van der Waals surface area contributed by atoms with E-state index in [2.05, 4.69) is 10.3 Å². The molecule has 2 aromatic rings. The predicted molar refractivity (Wildman–Crippen MR) is 71.2 cm³/mol. The maximum atomic E-state index is 11.9. The lowest BCUT2D eigenvalue weighted by atomic mass is 10.1. The van der Waals surface area contributed by atoms with Crippen LogP contribution in [-0.2, 0) is 4.79 Å². The zero-order valence-electron chi connectivity index (χ0n) is 10.4. The van der Waals surface area contributed by atoms with Crippen LogP contribution in [0.4, 0.5) is 5.69 Å². The van der Waals surface area contributed by atoms with Crippen molar-refractivity contribution in [1.29, 1.82) is 0 Å². The highest BCUT2D eigenvalue weighted by Crippen LogP contribution is 2.15. The summed E-state index contributed by atoms with van der Waals surface area (Å²) in [7, 11) is 0. The number of nitrogens with zero attached hydrogens (tertiary/aromatic N) is 1. The molecule has 1 amide bonds. The SMILES string of the molecule is O=C(O)c1cncc(NC(=O)C(O)c2ccccc2)c1. The van der Waals surface area contributed by atoms with E-state index in [0.717, 1.165) is 0 Å². The van der Waals surface area contributed by atoms with Crippen molar-refractivity contribution < 1.29 is 19.8 Å². The topological polar surface area (TPSA) is 99.5 Å². The molecular weight excluding hydrogens is 260 g/mol. The fourth-order valence-corrected chi connectivity index (χ4v) is 1.62. The molecule has 0 aliphatic carbocycles. The van der Waals surface area contributed by atoms with Crippen molar-refractivity contribution in [2.24, 2.45) is 0 Å². The number of carboxylic acid groups (broad SMARTS) is 1. The Bertz CT molecular complexity index is 628. The molecular formula is C14H12N2O4. The average molecular weight is 272 g/mol. The molecule has 0 fully saturated rings. The Morgan fingerprint density at radius 1 is 1.15 bits per heavy atom. The van der Waals surface area contributed by atoms with Gasteiger partial charge in [-0.05, 0) is 11.6 Å².